The predicted octanol–water partition coefficient (Wildman–Crippen LogP) is 2.34. The zero-order valence-electron chi connectivity index (χ0n) is 12.9. The van der Waals surface area contributed by atoms with Crippen molar-refractivity contribution in [1.82, 2.24) is 0 Å². The molecule has 0 aromatic heterocycles. The van der Waals surface area contributed by atoms with Crippen LogP contribution in [0.15, 0.2) is 23.8 Å². The van der Waals surface area contributed by atoms with Crippen molar-refractivity contribution in [3.63, 3.8) is 0 Å². The van der Waals surface area contributed by atoms with Gasteiger partial charge < -0.3 is 10.2 Å². The van der Waals surface area contributed by atoms with E-state index >= 15 is 0 Å². The second kappa shape index (κ2) is 8.90. The first-order valence-electron chi connectivity index (χ1n) is 7.79. The summed E-state index contributed by atoms with van der Waals surface area (Å²) in [5, 5.41) is 20.0. The fourth-order valence-electron chi connectivity index (χ4n) is 2.62. The van der Waals surface area contributed by atoms with E-state index in [1.54, 1.807) is 6.92 Å². The van der Waals surface area contributed by atoms with E-state index in [9.17, 15) is 19.8 Å². The summed E-state index contributed by atoms with van der Waals surface area (Å²) in [6.45, 7) is 3.72. The summed E-state index contributed by atoms with van der Waals surface area (Å²) in [6, 6.07) is 0. The molecule has 0 aromatic rings. The zero-order chi connectivity index (χ0) is 15.8. The van der Waals surface area contributed by atoms with Gasteiger partial charge in [-0.25, -0.2) is 0 Å². The highest BCUT2D eigenvalue weighted by molar-refractivity contribution is 6.17. The van der Waals surface area contributed by atoms with Crippen molar-refractivity contribution in [2.45, 2.75) is 64.6 Å². The van der Waals surface area contributed by atoms with Crippen molar-refractivity contribution in [3.05, 3.63) is 23.8 Å². The predicted molar refractivity (Wildman–Crippen MR) is 81.8 cm³/mol. The fraction of sp³-hybridized carbons (Fsp3) is 0.647. The van der Waals surface area contributed by atoms with Gasteiger partial charge in [0.1, 0.15) is 0 Å². The Hall–Kier alpha value is -1.26. The number of allylic oxidation sites excluding steroid dienone is 3. The minimum atomic E-state index is -0.773. The lowest BCUT2D eigenvalue weighted by Crippen LogP contribution is -2.29. The summed E-state index contributed by atoms with van der Waals surface area (Å²) in [6.07, 6.45) is 7.69. The van der Waals surface area contributed by atoms with Gasteiger partial charge in [-0.3, -0.25) is 9.59 Å². The van der Waals surface area contributed by atoms with E-state index in [1.807, 2.05) is 0 Å². The van der Waals surface area contributed by atoms with Crippen LogP contribution in [0.4, 0.5) is 0 Å². The van der Waals surface area contributed by atoms with Crippen molar-refractivity contribution < 1.29 is 19.8 Å². The minimum Gasteiger partial charge on any atom is -0.393 e. The average molecular weight is 294 g/mol. The molecule has 1 aliphatic carbocycles. The van der Waals surface area contributed by atoms with Gasteiger partial charge in [0.15, 0.2) is 11.6 Å². The molecule has 1 aliphatic rings. The Morgan fingerprint density at radius 3 is 2.43 bits per heavy atom. The molecule has 0 amide bonds. The van der Waals surface area contributed by atoms with Crippen LogP contribution in [0.3, 0.4) is 0 Å². The van der Waals surface area contributed by atoms with Crippen LogP contribution < -0.4 is 0 Å². The Balaban J connectivity index is 2.61. The van der Waals surface area contributed by atoms with E-state index in [0.29, 0.717) is 18.4 Å². The molecule has 0 aromatic carbocycles. The summed E-state index contributed by atoms with van der Waals surface area (Å²) in [7, 11) is 0. The summed E-state index contributed by atoms with van der Waals surface area (Å²) < 4.78 is 0. The van der Waals surface area contributed by atoms with Crippen LogP contribution in [-0.4, -0.2) is 34.0 Å². The van der Waals surface area contributed by atoms with Crippen LogP contribution >= 0.6 is 0 Å². The first-order valence-corrected chi connectivity index (χ1v) is 7.79. The Morgan fingerprint density at radius 2 is 1.81 bits per heavy atom. The number of hydrogen-bond donors (Lipinski definition) is 2. The second-order valence-corrected chi connectivity index (χ2v) is 5.79. The zero-order valence-corrected chi connectivity index (χ0v) is 12.9. The quantitative estimate of drug-likeness (QED) is 0.505. The summed E-state index contributed by atoms with van der Waals surface area (Å²) in [5.41, 5.74) is 0.310. The van der Waals surface area contributed by atoms with Crippen molar-refractivity contribution in [3.8, 4) is 0 Å². The van der Waals surface area contributed by atoms with E-state index in [-0.39, 0.29) is 11.6 Å². The standard InChI is InChI=1S/C17H26O4/c1-3-4-5-6-7-13(19)10-15(12(2)18)16-11-14(20)8-9-17(16)21/h8-9,11-13,15,18-19H,3-7,10H2,1-2H3. The average Bonchev–Trinajstić information content (AvgIpc) is 2.43. The molecule has 0 heterocycles. The third-order valence-corrected chi connectivity index (χ3v) is 3.88. The van der Waals surface area contributed by atoms with Gasteiger partial charge in [-0.05, 0) is 38.0 Å². The maximum atomic E-state index is 11.9. The number of rotatable bonds is 9. The third kappa shape index (κ3) is 5.94. The van der Waals surface area contributed by atoms with Gasteiger partial charge in [0.2, 0.25) is 0 Å². The third-order valence-electron chi connectivity index (χ3n) is 3.88. The topological polar surface area (TPSA) is 74.6 Å². The monoisotopic (exact) mass is 294 g/mol. The summed E-state index contributed by atoms with van der Waals surface area (Å²) >= 11 is 0. The molecule has 0 saturated heterocycles. The molecule has 3 unspecified atom stereocenters. The van der Waals surface area contributed by atoms with E-state index in [4.69, 9.17) is 0 Å². The molecular weight excluding hydrogens is 268 g/mol. The van der Waals surface area contributed by atoms with E-state index in [1.165, 1.54) is 18.2 Å². The van der Waals surface area contributed by atoms with Gasteiger partial charge in [-0.1, -0.05) is 32.6 Å². The summed E-state index contributed by atoms with van der Waals surface area (Å²) in [4.78, 5) is 23.3. The Kier molecular flexibility index (Phi) is 7.54. The second-order valence-electron chi connectivity index (χ2n) is 5.79. The van der Waals surface area contributed by atoms with Crippen LogP contribution in [0.1, 0.15) is 52.4 Å². The highest BCUT2D eigenvalue weighted by Crippen LogP contribution is 2.26. The SMILES string of the molecule is CCCCCCC(O)CC(C1=CC(=O)C=CC1=O)C(C)O. The Bertz CT molecular complexity index is 421. The molecule has 21 heavy (non-hydrogen) atoms. The number of ketones is 2. The molecule has 4 heteroatoms. The Morgan fingerprint density at radius 1 is 1.10 bits per heavy atom. The number of carbonyl (C=O) groups is 2. The first-order chi connectivity index (χ1) is 9.95. The largest absolute Gasteiger partial charge is 0.393 e. The van der Waals surface area contributed by atoms with Gasteiger partial charge in [-0.15, -0.1) is 0 Å². The molecule has 0 saturated carbocycles. The number of aliphatic hydroxyl groups excluding tert-OH is 2. The van der Waals surface area contributed by atoms with Crippen molar-refractivity contribution >= 4 is 11.6 Å². The molecule has 3 atom stereocenters. The number of unbranched alkanes of at least 4 members (excludes halogenated alkanes) is 3. The van der Waals surface area contributed by atoms with Gasteiger partial charge in [-0.2, -0.15) is 0 Å². The lowest BCUT2D eigenvalue weighted by molar-refractivity contribution is -0.115. The van der Waals surface area contributed by atoms with E-state index < -0.39 is 18.1 Å². The maximum Gasteiger partial charge on any atom is 0.182 e. The highest BCUT2D eigenvalue weighted by atomic mass is 16.3. The molecule has 118 valence electrons. The van der Waals surface area contributed by atoms with E-state index in [2.05, 4.69) is 6.92 Å². The molecule has 0 fully saturated rings. The number of aliphatic hydroxyl groups is 2. The first kappa shape index (κ1) is 17.8. The van der Waals surface area contributed by atoms with Crippen LogP contribution in [0, 0.1) is 5.92 Å². The molecule has 0 bridgehead atoms. The van der Waals surface area contributed by atoms with Gasteiger partial charge in [0.25, 0.3) is 0 Å². The van der Waals surface area contributed by atoms with Crippen molar-refractivity contribution in [2.24, 2.45) is 5.92 Å². The minimum absolute atomic E-state index is 0.243. The Labute approximate surface area is 126 Å². The number of carbonyl (C=O) groups excluding carboxylic acids is 2. The highest BCUT2D eigenvalue weighted by Gasteiger charge is 2.28. The lowest BCUT2D eigenvalue weighted by Gasteiger charge is -2.25. The van der Waals surface area contributed by atoms with Crippen molar-refractivity contribution in [1.29, 1.82) is 0 Å². The van der Waals surface area contributed by atoms with Crippen LogP contribution in [0.5, 0.6) is 0 Å². The molecule has 2 N–H and O–H groups in total. The van der Waals surface area contributed by atoms with Crippen LogP contribution in [0.25, 0.3) is 0 Å². The van der Waals surface area contributed by atoms with Gasteiger partial charge in [0.05, 0.1) is 12.2 Å². The molecule has 0 radical (unpaired) electrons. The summed E-state index contributed by atoms with van der Waals surface area (Å²) in [5.74, 6) is -0.987. The lowest BCUT2D eigenvalue weighted by atomic mass is 9.83. The smallest absolute Gasteiger partial charge is 0.182 e. The fourth-order valence-corrected chi connectivity index (χ4v) is 2.62. The normalized spacial score (nSPS) is 19.3. The molecule has 0 aliphatic heterocycles. The van der Waals surface area contributed by atoms with Gasteiger partial charge >= 0.3 is 0 Å². The van der Waals surface area contributed by atoms with Gasteiger partial charge in [0, 0.05) is 11.5 Å². The molecule has 0 spiro atoms. The van der Waals surface area contributed by atoms with Crippen molar-refractivity contribution in [2.75, 3.05) is 0 Å². The maximum absolute atomic E-state index is 11.9. The molecular formula is C17H26O4. The van der Waals surface area contributed by atoms with Crippen LogP contribution in [0.2, 0.25) is 0 Å². The number of hydrogen-bond acceptors (Lipinski definition) is 4. The van der Waals surface area contributed by atoms with E-state index in [0.717, 1.165) is 25.7 Å². The molecule has 4 nitrogen and oxygen atoms in total. The molecule has 1 rings (SSSR count). The van der Waals surface area contributed by atoms with Crippen LogP contribution in [-0.2, 0) is 9.59 Å².